The number of para-hydroxylation sites is 1. The van der Waals surface area contributed by atoms with Gasteiger partial charge in [0.2, 0.25) is 5.91 Å². The van der Waals surface area contributed by atoms with Crippen LogP contribution in [0, 0.1) is 5.92 Å². The molecule has 1 unspecified atom stereocenters. The maximum absolute atomic E-state index is 12.4. The van der Waals surface area contributed by atoms with E-state index in [1.54, 1.807) is 55.5 Å². The third-order valence-electron chi connectivity index (χ3n) is 5.12. The summed E-state index contributed by atoms with van der Waals surface area (Å²) < 4.78 is 5.63. The Morgan fingerprint density at radius 2 is 1.68 bits per heavy atom. The molecule has 0 radical (unpaired) electrons. The van der Waals surface area contributed by atoms with Gasteiger partial charge in [-0.25, -0.2) is 0 Å². The molecule has 1 aliphatic carbocycles. The molecule has 2 aromatic carbocycles. The van der Waals surface area contributed by atoms with Crippen molar-refractivity contribution in [3.05, 3.63) is 53.6 Å². The standard InChI is InChI=1S/C23H26ClN3O3S/c1-15(30-20-9-5-4-8-19(20)24)22(29)25-17-10-12-18(13-11-17)26-23(31)27-21(28)14-16-6-2-3-7-16/h4-5,8-13,15-16H,2-3,6-7,14H2,1H3,(H,25,29)(H2,26,27,28,31). The number of anilines is 2. The third kappa shape index (κ3) is 7.22. The quantitative estimate of drug-likeness (QED) is 0.499. The van der Waals surface area contributed by atoms with E-state index in [9.17, 15) is 9.59 Å². The number of halogens is 1. The van der Waals surface area contributed by atoms with Gasteiger partial charge in [0.1, 0.15) is 5.75 Å². The minimum atomic E-state index is -0.722. The summed E-state index contributed by atoms with van der Waals surface area (Å²) in [4.78, 5) is 24.5. The Morgan fingerprint density at radius 1 is 1.06 bits per heavy atom. The van der Waals surface area contributed by atoms with Crippen molar-refractivity contribution in [3.8, 4) is 5.75 Å². The molecule has 31 heavy (non-hydrogen) atoms. The summed E-state index contributed by atoms with van der Waals surface area (Å²) in [7, 11) is 0. The van der Waals surface area contributed by atoms with Gasteiger partial charge < -0.3 is 20.7 Å². The first kappa shape index (κ1) is 23.0. The van der Waals surface area contributed by atoms with Crippen molar-refractivity contribution in [3.63, 3.8) is 0 Å². The normalized spacial score (nSPS) is 14.5. The molecule has 1 saturated carbocycles. The molecule has 6 nitrogen and oxygen atoms in total. The van der Waals surface area contributed by atoms with Crippen LogP contribution in [0.5, 0.6) is 5.75 Å². The summed E-state index contributed by atoms with van der Waals surface area (Å²) in [5, 5.41) is 9.23. The maximum atomic E-state index is 12.4. The zero-order valence-electron chi connectivity index (χ0n) is 17.3. The minimum absolute atomic E-state index is 0.0548. The molecule has 8 heteroatoms. The highest BCUT2D eigenvalue weighted by Gasteiger charge is 2.19. The lowest BCUT2D eigenvalue weighted by Crippen LogP contribution is -2.34. The van der Waals surface area contributed by atoms with Crippen LogP contribution in [-0.2, 0) is 9.59 Å². The Kier molecular flexibility index (Phi) is 8.26. The second-order valence-electron chi connectivity index (χ2n) is 7.61. The van der Waals surface area contributed by atoms with Crippen molar-refractivity contribution in [1.29, 1.82) is 0 Å². The second-order valence-corrected chi connectivity index (χ2v) is 8.43. The van der Waals surface area contributed by atoms with Crippen LogP contribution in [0.3, 0.4) is 0 Å². The van der Waals surface area contributed by atoms with E-state index in [0.717, 1.165) is 12.8 Å². The number of amides is 2. The molecule has 0 bridgehead atoms. The van der Waals surface area contributed by atoms with Crippen LogP contribution in [0.4, 0.5) is 11.4 Å². The molecule has 164 valence electrons. The van der Waals surface area contributed by atoms with Crippen LogP contribution in [0.1, 0.15) is 39.0 Å². The lowest BCUT2D eigenvalue weighted by Gasteiger charge is -2.16. The fourth-order valence-corrected chi connectivity index (χ4v) is 3.89. The smallest absolute Gasteiger partial charge is 0.265 e. The van der Waals surface area contributed by atoms with Crippen LogP contribution in [0.2, 0.25) is 5.02 Å². The molecule has 2 aromatic rings. The Balaban J connectivity index is 1.45. The van der Waals surface area contributed by atoms with Gasteiger partial charge in [0.25, 0.3) is 5.91 Å². The molecule has 1 atom stereocenters. The van der Waals surface area contributed by atoms with E-state index in [2.05, 4.69) is 16.0 Å². The monoisotopic (exact) mass is 459 g/mol. The number of nitrogens with one attached hydrogen (secondary N) is 3. The van der Waals surface area contributed by atoms with Crippen LogP contribution in [-0.4, -0.2) is 23.0 Å². The average molecular weight is 460 g/mol. The van der Waals surface area contributed by atoms with Crippen LogP contribution in [0.15, 0.2) is 48.5 Å². The molecule has 0 saturated heterocycles. The number of thiocarbonyl (C=S) groups is 1. The molecule has 0 heterocycles. The van der Waals surface area contributed by atoms with E-state index in [1.807, 2.05) is 0 Å². The van der Waals surface area contributed by atoms with Crippen LogP contribution in [0.25, 0.3) is 0 Å². The van der Waals surface area contributed by atoms with Gasteiger partial charge in [-0.3, -0.25) is 9.59 Å². The summed E-state index contributed by atoms with van der Waals surface area (Å²) >= 11 is 11.3. The van der Waals surface area contributed by atoms with Crippen LogP contribution >= 0.6 is 23.8 Å². The lowest BCUT2D eigenvalue weighted by molar-refractivity contribution is -0.122. The van der Waals surface area contributed by atoms with Crippen molar-refractivity contribution in [2.75, 3.05) is 10.6 Å². The lowest BCUT2D eigenvalue weighted by atomic mass is 10.0. The van der Waals surface area contributed by atoms with Gasteiger partial charge in [0, 0.05) is 17.8 Å². The SMILES string of the molecule is CC(Oc1ccccc1Cl)C(=O)Nc1ccc(NC(=S)NC(=O)CC2CCCC2)cc1. The van der Waals surface area contributed by atoms with Gasteiger partial charge in [-0.05, 0) is 74.3 Å². The van der Waals surface area contributed by atoms with Crippen molar-refractivity contribution >= 4 is 52.1 Å². The highest BCUT2D eigenvalue weighted by molar-refractivity contribution is 7.80. The fraction of sp³-hybridized carbons (Fsp3) is 0.348. The summed E-state index contributed by atoms with van der Waals surface area (Å²) in [5.74, 6) is 0.570. The highest BCUT2D eigenvalue weighted by Crippen LogP contribution is 2.27. The zero-order chi connectivity index (χ0) is 22.2. The second kappa shape index (κ2) is 11.1. The van der Waals surface area contributed by atoms with Gasteiger partial charge >= 0.3 is 0 Å². The van der Waals surface area contributed by atoms with E-state index in [-0.39, 0.29) is 16.9 Å². The fourth-order valence-electron chi connectivity index (χ4n) is 3.48. The van der Waals surface area contributed by atoms with E-state index in [0.29, 0.717) is 34.5 Å². The van der Waals surface area contributed by atoms with Crippen molar-refractivity contribution in [2.24, 2.45) is 5.92 Å². The molecule has 0 aliphatic heterocycles. The third-order valence-corrected chi connectivity index (χ3v) is 5.64. The first-order chi connectivity index (χ1) is 14.9. The number of carbonyl (C=O) groups excluding carboxylic acids is 2. The Labute approximate surface area is 192 Å². The minimum Gasteiger partial charge on any atom is -0.479 e. The number of benzene rings is 2. The molecule has 0 aromatic heterocycles. The molecule has 2 amide bonds. The Morgan fingerprint density at radius 3 is 2.32 bits per heavy atom. The van der Waals surface area contributed by atoms with E-state index in [1.165, 1.54) is 12.8 Å². The molecule has 3 N–H and O–H groups in total. The number of hydrogen-bond acceptors (Lipinski definition) is 4. The largest absolute Gasteiger partial charge is 0.479 e. The summed E-state index contributed by atoms with van der Waals surface area (Å²) in [6.07, 6.45) is 4.43. The molecule has 3 rings (SSSR count). The topological polar surface area (TPSA) is 79.5 Å². The van der Waals surface area contributed by atoms with Crippen molar-refractivity contribution in [2.45, 2.75) is 45.1 Å². The van der Waals surface area contributed by atoms with Gasteiger partial charge in [0.05, 0.1) is 5.02 Å². The molecule has 1 fully saturated rings. The Bertz CT molecular complexity index is 930. The number of carbonyl (C=O) groups is 2. The number of rotatable bonds is 7. The van der Waals surface area contributed by atoms with Gasteiger partial charge in [-0.1, -0.05) is 36.6 Å². The summed E-state index contributed by atoms with van der Waals surface area (Å²) in [5.41, 5.74) is 1.32. The first-order valence-electron chi connectivity index (χ1n) is 10.3. The number of hydrogen-bond donors (Lipinski definition) is 3. The van der Waals surface area contributed by atoms with E-state index in [4.69, 9.17) is 28.6 Å². The molecular formula is C23H26ClN3O3S. The average Bonchev–Trinajstić information content (AvgIpc) is 3.23. The molecular weight excluding hydrogens is 434 g/mol. The summed E-state index contributed by atoms with van der Waals surface area (Å²) in [6.45, 7) is 1.65. The summed E-state index contributed by atoms with van der Waals surface area (Å²) in [6, 6.07) is 14.0. The zero-order valence-corrected chi connectivity index (χ0v) is 18.9. The van der Waals surface area contributed by atoms with Gasteiger partial charge in [0.15, 0.2) is 11.2 Å². The molecule has 0 spiro atoms. The predicted octanol–water partition coefficient (Wildman–Crippen LogP) is 5.14. The van der Waals surface area contributed by atoms with E-state index >= 15 is 0 Å². The predicted molar refractivity (Wildman–Crippen MR) is 128 cm³/mol. The molecule has 1 aliphatic rings. The van der Waals surface area contributed by atoms with E-state index < -0.39 is 6.10 Å². The van der Waals surface area contributed by atoms with Gasteiger partial charge in [-0.2, -0.15) is 0 Å². The number of ether oxygens (including phenoxy) is 1. The van der Waals surface area contributed by atoms with Crippen LogP contribution < -0.4 is 20.7 Å². The highest BCUT2D eigenvalue weighted by atomic mass is 35.5. The Hall–Kier alpha value is -2.64. The maximum Gasteiger partial charge on any atom is 0.265 e. The van der Waals surface area contributed by atoms with Crippen molar-refractivity contribution in [1.82, 2.24) is 5.32 Å². The van der Waals surface area contributed by atoms with Crippen molar-refractivity contribution < 1.29 is 14.3 Å². The first-order valence-corrected chi connectivity index (χ1v) is 11.1. The van der Waals surface area contributed by atoms with Gasteiger partial charge in [-0.15, -0.1) is 0 Å².